The highest BCUT2D eigenvalue weighted by Gasteiger charge is 2.45. The summed E-state index contributed by atoms with van der Waals surface area (Å²) in [6.45, 7) is 0. The van der Waals surface area contributed by atoms with Gasteiger partial charge >= 0.3 is 12.1 Å². The Balaban J connectivity index is 0.00000158. The van der Waals surface area contributed by atoms with Crippen LogP contribution in [-0.2, 0) is 23.6 Å². The normalized spacial score (nSPS) is 20.8. The number of carboxylic acid groups (broad SMARTS) is 1. The summed E-state index contributed by atoms with van der Waals surface area (Å²) in [5.74, 6) is -0.854. The van der Waals surface area contributed by atoms with E-state index in [1.807, 2.05) is 24.3 Å². The Morgan fingerprint density at radius 1 is 0.824 bits per heavy atom. The first-order valence-corrected chi connectivity index (χ1v) is 19.2. The van der Waals surface area contributed by atoms with Gasteiger partial charge in [-0.2, -0.15) is 0 Å². The Morgan fingerprint density at radius 2 is 1.32 bits per heavy atom. The third-order valence-electron chi connectivity index (χ3n) is 4.26. The third kappa shape index (κ3) is 6.04. The summed E-state index contributed by atoms with van der Waals surface area (Å²) in [6.07, 6.45) is -1.04. The molecule has 0 bridgehead atoms. The van der Waals surface area contributed by atoms with Crippen LogP contribution < -0.4 is 25.8 Å². The van der Waals surface area contributed by atoms with Crippen LogP contribution in [-0.4, -0.2) is 29.4 Å². The summed E-state index contributed by atoms with van der Waals surface area (Å²) in [5.41, 5.74) is 4.36. The summed E-state index contributed by atoms with van der Waals surface area (Å²) in [6, 6.07) is 19.6. The van der Waals surface area contributed by atoms with Gasteiger partial charge in [0.25, 0.3) is 0 Å². The van der Waals surface area contributed by atoms with Crippen LogP contribution in [0.5, 0.6) is 17.2 Å². The van der Waals surface area contributed by atoms with Gasteiger partial charge in [-0.05, 0) is 67.7 Å². The number of nitrogens with two attached hydrogens (primary N) is 1. The Hall–Kier alpha value is -1.84. The van der Waals surface area contributed by atoms with E-state index < -0.39 is 21.0 Å². The number of para-hydroxylation sites is 1. The zero-order valence-electron chi connectivity index (χ0n) is 17.6. The molecule has 0 aromatic heterocycles. The molecule has 1 aliphatic rings. The maximum absolute atomic E-state index is 12.1. The molecular weight excluding hydrogens is 552 g/mol. The number of hydrogen-bond acceptors (Lipinski definition) is 10. The number of phenolic OH excluding ortho intramolecular Hbond substituents is 1. The smallest absolute Gasteiger partial charge is 0.508 e. The number of carbonyl (C=O) groups is 2. The van der Waals surface area contributed by atoms with Crippen molar-refractivity contribution in [3.63, 3.8) is 0 Å². The lowest BCUT2D eigenvalue weighted by Gasteiger charge is -2.40. The standard InChI is InChI=1S/C20H14O6P2S4.CH5N/c21-13-5-9-15(10-6-13)27(29)31-28(30,32-27)16-11-7-14(8-12-16)25-20(24)26-18-4-2-1-3-17(18)19(22)23;1-2/h1-12,21H,(H,22,23);2H2,1H3. The van der Waals surface area contributed by atoms with Crippen molar-refractivity contribution in [1.29, 1.82) is 0 Å². The number of carbonyl (C=O) groups excluding carboxylic acids is 1. The maximum Gasteiger partial charge on any atom is 0.519 e. The second-order valence-electron chi connectivity index (χ2n) is 6.42. The molecule has 1 heterocycles. The van der Waals surface area contributed by atoms with Gasteiger partial charge in [0, 0.05) is 10.6 Å². The molecule has 0 unspecified atom stereocenters. The molecule has 0 spiro atoms. The molecule has 4 rings (SSSR count). The molecule has 0 saturated carbocycles. The summed E-state index contributed by atoms with van der Waals surface area (Å²) in [4.78, 5) is 23.3. The second kappa shape index (κ2) is 11.3. The van der Waals surface area contributed by atoms with Crippen LogP contribution in [0.25, 0.3) is 0 Å². The van der Waals surface area contributed by atoms with Crippen molar-refractivity contribution in [3.8, 4) is 17.2 Å². The first kappa shape index (κ1) is 26.8. The van der Waals surface area contributed by atoms with Gasteiger partial charge in [-0.1, -0.05) is 57.7 Å². The minimum atomic E-state index is -1.96. The molecule has 0 atom stereocenters. The van der Waals surface area contributed by atoms with Crippen LogP contribution >= 0.6 is 30.9 Å². The second-order valence-corrected chi connectivity index (χ2v) is 27.7. The summed E-state index contributed by atoms with van der Waals surface area (Å²) < 4.78 is 6.35. The number of ether oxygens (including phenoxy) is 2. The molecule has 3 aromatic carbocycles. The molecule has 0 amide bonds. The molecule has 0 radical (unpaired) electrons. The number of rotatable bonds is 5. The number of carboxylic acids is 1. The summed E-state index contributed by atoms with van der Waals surface area (Å²) in [5, 5.41) is 20.6. The fraction of sp³-hybridized carbons (Fsp3) is 0.0476. The zero-order valence-corrected chi connectivity index (χ0v) is 22.6. The maximum atomic E-state index is 12.1. The van der Waals surface area contributed by atoms with E-state index in [-0.39, 0.29) is 22.8 Å². The monoisotopic (exact) mass is 571 g/mol. The van der Waals surface area contributed by atoms with Gasteiger partial charge in [0.1, 0.15) is 22.8 Å². The molecule has 7 nitrogen and oxygen atoms in total. The lowest BCUT2D eigenvalue weighted by molar-refractivity contribution is 0.0693. The lowest BCUT2D eigenvalue weighted by Crippen LogP contribution is -2.16. The van der Waals surface area contributed by atoms with Crippen LogP contribution in [0.3, 0.4) is 0 Å². The Morgan fingerprint density at radius 3 is 1.85 bits per heavy atom. The number of aromatic hydroxyl groups is 1. The van der Waals surface area contributed by atoms with E-state index in [9.17, 15) is 14.7 Å². The van der Waals surface area contributed by atoms with Crippen LogP contribution in [0, 0.1) is 0 Å². The lowest BCUT2D eigenvalue weighted by atomic mass is 10.2. The minimum absolute atomic E-state index is 0.0979. The first-order chi connectivity index (χ1) is 16.2. The fourth-order valence-corrected chi connectivity index (χ4v) is 45.0. The van der Waals surface area contributed by atoms with Crippen LogP contribution in [0.1, 0.15) is 10.4 Å². The number of phenols is 1. The molecule has 1 aliphatic heterocycles. The minimum Gasteiger partial charge on any atom is -0.508 e. The third-order valence-corrected chi connectivity index (χ3v) is 35.5. The Kier molecular flexibility index (Phi) is 8.87. The van der Waals surface area contributed by atoms with Gasteiger partial charge < -0.3 is 25.4 Å². The van der Waals surface area contributed by atoms with Gasteiger partial charge in [0.2, 0.25) is 0 Å². The van der Waals surface area contributed by atoms with Crippen LogP contribution in [0.15, 0.2) is 72.8 Å². The average molecular weight is 572 g/mol. The highest BCUT2D eigenvalue weighted by Crippen LogP contribution is 3.04. The predicted octanol–water partition coefficient (Wildman–Crippen LogP) is 5.29. The molecule has 34 heavy (non-hydrogen) atoms. The van der Waals surface area contributed by atoms with E-state index in [2.05, 4.69) is 5.73 Å². The molecule has 1 saturated heterocycles. The van der Waals surface area contributed by atoms with Gasteiger partial charge in [-0.25, -0.2) is 9.59 Å². The zero-order chi connectivity index (χ0) is 24.9. The highest BCUT2D eigenvalue weighted by atomic mass is 33.7. The number of benzene rings is 3. The van der Waals surface area contributed by atoms with Crippen LogP contribution in [0.2, 0.25) is 0 Å². The Labute approximate surface area is 214 Å². The highest BCUT2D eigenvalue weighted by molar-refractivity contribution is 9.48. The topological polar surface area (TPSA) is 119 Å². The molecular formula is C21H19NO6P2S4. The number of hydrogen-bond donors (Lipinski definition) is 3. The predicted molar refractivity (Wildman–Crippen MR) is 148 cm³/mol. The average Bonchev–Trinajstić information content (AvgIpc) is 2.80. The van der Waals surface area contributed by atoms with Crippen molar-refractivity contribution in [2.45, 2.75) is 0 Å². The van der Waals surface area contributed by atoms with Crippen molar-refractivity contribution in [2.24, 2.45) is 5.73 Å². The van der Waals surface area contributed by atoms with E-state index in [0.717, 1.165) is 10.6 Å². The molecule has 13 heteroatoms. The van der Waals surface area contributed by atoms with E-state index >= 15 is 0 Å². The van der Waals surface area contributed by atoms with E-state index in [1.54, 1.807) is 52.3 Å². The van der Waals surface area contributed by atoms with Gasteiger partial charge in [0.15, 0.2) is 0 Å². The van der Waals surface area contributed by atoms with Crippen molar-refractivity contribution >= 4 is 77.2 Å². The van der Waals surface area contributed by atoms with E-state index in [0.29, 0.717) is 0 Å². The van der Waals surface area contributed by atoms with Gasteiger partial charge in [-0.3, -0.25) is 0 Å². The molecule has 0 aliphatic carbocycles. The summed E-state index contributed by atoms with van der Waals surface area (Å²) in [7, 11) is 1.50. The summed E-state index contributed by atoms with van der Waals surface area (Å²) >= 11 is 15.1. The molecule has 4 N–H and O–H groups in total. The van der Waals surface area contributed by atoms with Crippen molar-refractivity contribution in [1.82, 2.24) is 0 Å². The first-order valence-electron chi connectivity index (χ1n) is 9.51. The molecule has 1 fully saturated rings. The van der Waals surface area contributed by atoms with Crippen molar-refractivity contribution < 1.29 is 29.3 Å². The van der Waals surface area contributed by atoms with Crippen molar-refractivity contribution in [2.75, 3.05) is 7.05 Å². The molecule has 178 valence electrons. The van der Waals surface area contributed by atoms with Gasteiger partial charge in [-0.15, -0.1) is 0 Å². The SMILES string of the molecule is CN.O=C(Oc1ccc(P2(=S)SP(=S)(c3ccc(O)cc3)S2)cc1)Oc1ccccc1C(=O)O. The Bertz CT molecular complexity index is 1290. The van der Waals surface area contributed by atoms with Gasteiger partial charge in [0.05, 0.1) is 8.88 Å². The largest absolute Gasteiger partial charge is 0.519 e. The quantitative estimate of drug-likeness (QED) is 0.210. The van der Waals surface area contributed by atoms with Crippen LogP contribution in [0.4, 0.5) is 4.79 Å². The fourth-order valence-electron chi connectivity index (χ4n) is 2.75. The number of aromatic carboxylic acids is 1. The van der Waals surface area contributed by atoms with Crippen molar-refractivity contribution in [3.05, 3.63) is 78.4 Å². The van der Waals surface area contributed by atoms with E-state index in [4.69, 9.17) is 38.2 Å². The molecule has 3 aromatic rings. The van der Waals surface area contributed by atoms with E-state index in [1.165, 1.54) is 25.2 Å².